The van der Waals surface area contributed by atoms with Crippen LogP contribution < -0.4 is 4.74 Å². The maximum absolute atomic E-state index is 12.6. The van der Waals surface area contributed by atoms with Gasteiger partial charge in [-0.2, -0.15) is 4.31 Å². The molecule has 1 atom stereocenters. The number of aryl methyl sites for hydroxylation is 1. The largest absolute Gasteiger partial charge is 0.497 e. The normalized spacial score (nSPS) is 13.3. The van der Waals surface area contributed by atoms with E-state index in [1.807, 2.05) is 31.2 Å². The first-order valence-electron chi connectivity index (χ1n) is 6.88. The summed E-state index contributed by atoms with van der Waals surface area (Å²) >= 11 is 1.19. The molecule has 0 fully saturated rings. The first-order chi connectivity index (χ1) is 10.3. The number of methoxy groups -OCH3 is 1. The predicted octanol–water partition coefficient (Wildman–Crippen LogP) is 2.71. The van der Waals surface area contributed by atoms with E-state index in [-0.39, 0.29) is 10.3 Å². The molecule has 0 unspecified atom stereocenters. The summed E-state index contributed by atoms with van der Waals surface area (Å²) in [4.78, 5) is 4.03. The van der Waals surface area contributed by atoms with Gasteiger partial charge in [0.1, 0.15) is 5.75 Å². The summed E-state index contributed by atoms with van der Waals surface area (Å²) in [5.74, 6) is 0.789. The van der Waals surface area contributed by atoms with E-state index in [4.69, 9.17) is 4.74 Å². The highest BCUT2D eigenvalue weighted by molar-refractivity contribution is 7.91. The van der Waals surface area contributed by atoms with Crippen LogP contribution in [-0.2, 0) is 16.4 Å². The molecule has 2 aromatic rings. The Morgan fingerprint density at radius 2 is 1.95 bits per heavy atom. The summed E-state index contributed by atoms with van der Waals surface area (Å²) in [6, 6.07) is 7.51. The summed E-state index contributed by atoms with van der Waals surface area (Å²) in [6.07, 6.45) is 2.06. The zero-order valence-corrected chi connectivity index (χ0v) is 14.7. The maximum atomic E-state index is 12.6. The minimum absolute atomic E-state index is 0.152. The van der Waals surface area contributed by atoms with Crippen molar-refractivity contribution in [1.29, 1.82) is 0 Å². The Kier molecular flexibility index (Phi) is 5.20. The van der Waals surface area contributed by atoms with Crippen molar-refractivity contribution in [3.8, 4) is 5.75 Å². The highest BCUT2D eigenvalue weighted by Crippen LogP contribution is 2.24. The molecule has 0 aliphatic rings. The second-order valence-electron chi connectivity index (χ2n) is 5.12. The second kappa shape index (κ2) is 6.76. The molecular formula is C15H20N2O3S2. The Bertz CT molecular complexity index is 724. The number of nitrogens with zero attached hydrogens (tertiary/aromatic N) is 2. The maximum Gasteiger partial charge on any atom is 0.254 e. The van der Waals surface area contributed by atoms with Gasteiger partial charge in [0, 0.05) is 13.1 Å². The average Bonchev–Trinajstić information content (AvgIpc) is 2.94. The summed E-state index contributed by atoms with van der Waals surface area (Å²) in [5, 5.41) is 0.745. The quantitative estimate of drug-likeness (QED) is 0.811. The van der Waals surface area contributed by atoms with Crippen LogP contribution in [0.5, 0.6) is 5.75 Å². The second-order valence-corrected chi connectivity index (χ2v) is 8.58. The van der Waals surface area contributed by atoms with Crippen LogP contribution in [0.2, 0.25) is 0 Å². The van der Waals surface area contributed by atoms with Gasteiger partial charge in [-0.25, -0.2) is 13.4 Å². The first-order valence-corrected chi connectivity index (χ1v) is 9.13. The Balaban J connectivity index is 2.12. The molecular weight excluding hydrogens is 320 g/mol. The Hall–Kier alpha value is -1.44. The van der Waals surface area contributed by atoms with E-state index in [1.54, 1.807) is 21.1 Å². The molecule has 0 bridgehead atoms. The van der Waals surface area contributed by atoms with E-state index < -0.39 is 10.0 Å². The molecule has 1 heterocycles. The van der Waals surface area contributed by atoms with Crippen molar-refractivity contribution < 1.29 is 13.2 Å². The van der Waals surface area contributed by atoms with Crippen LogP contribution in [-0.4, -0.2) is 37.9 Å². The molecule has 0 saturated carbocycles. The van der Waals surface area contributed by atoms with Crippen LogP contribution in [0, 0.1) is 6.92 Å². The Labute approximate surface area is 135 Å². The van der Waals surface area contributed by atoms with E-state index in [9.17, 15) is 8.42 Å². The van der Waals surface area contributed by atoms with Crippen LogP contribution in [0.4, 0.5) is 0 Å². The summed E-state index contributed by atoms with van der Waals surface area (Å²) < 4.78 is 31.9. The third-order valence-corrected chi connectivity index (χ3v) is 6.87. The van der Waals surface area contributed by atoms with Crippen molar-refractivity contribution in [1.82, 2.24) is 9.29 Å². The summed E-state index contributed by atoms with van der Waals surface area (Å²) in [7, 11) is -0.256. The third-order valence-electron chi connectivity index (χ3n) is 3.54. The highest BCUT2D eigenvalue weighted by atomic mass is 32.2. The fourth-order valence-corrected chi connectivity index (χ4v) is 4.73. The van der Waals surface area contributed by atoms with Crippen molar-refractivity contribution in [2.45, 2.75) is 30.5 Å². The Morgan fingerprint density at radius 1 is 1.32 bits per heavy atom. The van der Waals surface area contributed by atoms with Gasteiger partial charge in [-0.15, -0.1) is 11.3 Å². The van der Waals surface area contributed by atoms with E-state index in [0.717, 1.165) is 16.3 Å². The standard InChI is InChI=1S/C15H20N2O3S2/c1-11(9-13-5-7-14(20-4)8-6-13)17(3)22(18,19)15-10-16-12(2)21-15/h5-8,10-11H,9H2,1-4H3/t11-/m0/s1. The van der Waals surface area contributed by atoms with Gasteiger partial charge in [0.05, 0.1) is 18.3 Å². The lowest BCUT2D eigenvalue weighted by atomic mass is 10.1. The average molecular weight is 340 g/mol. The number of aromatic nitrogens is 1. The molecule has 0 spiro atoms. The molecule has 1 aromatic heterocycles. The SMILES string of the molecule is COc1ccc(C[C@H](C)N(C)S(=O)(=O)c2cnc(C)s2)cc1. The molecule has 22 heavy (non-hydrogen) atoms. The van der Waals surface area contributed by atoms with Crippen LogP contribution in [0.15, 0.2) is 34.7 Å². The molecule has 7 heteroatoms. The van der Waals surface area contributed by atoms with Gasteiger partial charge in [-0.3, -0.25) is 0 Å². The van der Waals surface area contributed by atoms with Crippen molar-refractivity contribution >= 4 is 21.4 Å². The van der Waals surface area contributed by atoms with Crippen molar-refractivity contribution in [2.75, 3.05) is 14.2 Å². The van der Waals surface area contributed by atoms with Crippen LogP contribution in [0.3, 0.4) is 0 Å². The number of hydrogen-bond acceptors (Lipinski definition) is 5. The van der Waals surface area contributed by atoms with Gasteiger partial charge in [-0.05, 0) is 38.0 Å². The van der Waals surface area contributed by atoms with E-state index >= 15 is 0 Å². The molecule has 2 rings (SSSR count). The van der Waals surface area contributed by atoms with Gasteiger partial charge in [0.15, 0.2) is 4.21 Å². The molecule has 1 aromatic carbocycles. The zero-order chi connectivity index (χ0) is 16.3. The van der Waals surface area contributed by atoms with E-state index in [1.165, 1.54) is 21.8 Å². The molecule has 0 saturated heterocycles. The van der Waals surface area contributed by atoms with Gasteiger partial charge in [0.25, 0.3) is 10.0 Å². The van der Waals surface area contributed by atoms with Gasteiger partial charge >= 0.3 is 0 Å². The number of likely N-dealkylation sites (N-methyl/N-ethyl adjacent to an activating group) is 1. The molecule has 120 valence electrons. The fraction of sp³-hybridized carbons (Fsp3) is 0.400. The van der Waals surface area contributed by atoms with E-state index in [2.05, 4.69) is 4.98 Å². The van der Waals surface area contributed by atoms with E-state index in [0.29, 0.717) is 6.42 Å². The first kappa shape index (κ1) is 16.9. The lowest BCUT2D eigenvalue weighted by Crippen LogP contribution is -2.36. The van der Waals surface area contributed by atoms with Crippen LogP contribution >= 0.6 is 11.3 Å². The number of benzene rings is 1. The summed E-state index contributed by atoms with van der Waals surface area (Å²) in [5.41, 5.74) is 1.07. The molecule has 0 N–H and O–H groups in total. The molecule has 0 aliphatic heterocycles. The lowest BCUT2D eigenvalue weighted by Gasteiger charge is -2.23. The van der Waals surface area contributed by atoms with Gasteiger partial charge in [-0.1, -0.05) is 12.1 Å². The van der Waals surface area contributed by atoms with Crippen LogP contribution in [0.25, 0.3) is 0 Å². The predicted molar refractivity (Wildman–Crippen MR) is 88.0 cm³/mol. The molecule has 5 nitrogen and oxygen atoms in total. The topological polar surface area (TPSA) is 59.5 Å². The van der Waals surface area contributed by atoms with Crippen molar-refractivity contribution in [3.05, 3.63) is 41.0 Å². The minimum Gasteiger partial charge on any atom is -0.497 e. The number of ether oxygens (including phenoxy) is 1. The number of thiazole rings is 1. The molecule has 0 amide bonds. The zero-order valence-electron chi connectivity index (χ0n) is 13.1. The highest BCUT2D eigenvalue weighted by Gasteiger charge is 2.27. The van der Waals surface area contributed by atoms with Gasteiger partial charge < -0.3 is 4.74 Å². The summed E-state index contributed by atoms with van der Waals surface area (Å²) in [6.45, 7) is 3.69. The lowest BCUT2D eigenvalue weighted by molar-refractivity contribution is 0.387. The number of sulfonamides is 1. The van der Waals surface area contributed by atoms with Gasteiger partial charge in [0.2, 0.25) is 0 Å². The van der Waals surface area contributed by atoms with Crippen molar-refractivity contribution in [2.24, 2.45) is 0 Å². The molecule has 0 aliphatic carbocycles. The number of rotatable bonds is 6. The smallest absolute Gasteiger partial charge is 0.254 e. The monoisotopic (exact) mass is 340 g/mol. The van der Waals surface area contributed by atoms with Crippen LogP contribution in [0.1, 0.15) is 17.5 Å². The minimum atomic E-state index is -3.49. The van der Waals surface area contributed by atoms with Crippen molar-refractivity contribution in [3.63, 3.8) is 0 Å². The third kappa shape index (κ3) is 3.66. The number of hydrogen-bond donors (Lipinski definition) is 0. The Morgan fingerprint density at radius 3 is 2.45 bits per heavy atom. The molecule has 0 radical (unpaired) electrons. The fourth-order valence-electron chi connectivity index (χ4n) is 2.07.